The van der Waals surface area contributed by atoms with Gasteiger partial charge in [-0.2, -0.15) is 13.2 Å². The van der Waals surface area contributed by atoms with Gasteiger partial charge in [-0.25, -0.2) is 4.79 Å². The van der Waals surface area contributed by atoms with Crippen LogP contribution in [0.4, 0.5) is 18.0 Å². The van der Waals surface area contributed by atoms with Crippen molar-refractivity contribution < 1.29 is 41.7 Å². The minimum atomic E-state index is -4.58. The molecule has 0 aromatic heterocycles. The van der Waals surface area contributed by atoms with Gasteiger partial charge in [0.1, 0.15) is 17.1 Å². The van der Waals surface area contributed by atoms with Gasteiger partial charge in [-0.3, -0.25) is 0 Å². The van der Waals surface area contributed by atoms with Crippen LogP contribution in [0.25, 0.3) is 0 Å². The molecule has 2 aliphatic heterocycles. The van der Waals surface area contributed by atoms with Gasteiger partial charge < -0.3 is 29.0 Å². The molecule has 0 bridgehead atoms. The van der Waals surface area contributed by atoms with Crippen LogP contribution in [-0.4, -0.2) is 49.4 Å². The van der Waals surface area contributed by atoms with Crippen LogP contribution >= 0.6 is 0 Å². The molecule has 0 unspecified atom stereocenters. The zero-order valence-corrected chi connectivity index (χ0v) is 24.4. The maximum atomic E-state index is 14.0. The summed E-state index contributed by atoms with van der Waals surface area (Å²) in [6.45, 7) is 9.87. The van der Waals surface area contributed by atoms with E-state index in [0.29, 0.717) is 25.0 Å². The summed E-state index contributed by atoms with van der Waals surface area (Å²) in [5.41, 5.74) is 0.230. The Balaban J connectivity index is 1.39. The topological polar surface area (TPSA) is 75.3 Å². The van der Waals surface area contributed by atoms with Crippen LogP contribution in [0.1, 0.15) is 69.7 Å². The number of carbonyl (C=O) groups is 1. The molecule has 0 spiro atoms. The third kappa shape index (κ3) is 8.75. The number of fused-ring (bicyclic) bond motifs is 1. The number of ether oxygens (including phenoxy) is 5. The van der Waals surface area contributed by atoms with Gasteiger partial charge in [0.2, 0.25) is 0 Å². The van der Waals surface area contributed by atoms with Crippen molar-refractivity contribution in [2.45, 2.75) is 89.8 Å². The molecule has 2 aromatic carbocycles. The van der Waals surface area contributed by atoms with Crippen molar-refractivity contribution in [3.8, 4) is 11.5 Å². The second kappa shape index (κ2) is 12.1. The molecule has 2 heterocycles. The fraction of sp³-hybridized carbons (Fsp3) is 0.581. The van der Waals surface area contributed by atoms with E-state index in [2.05, 4.69) is 11.4 Å². The van der Waals surface area contributed by atoms with E-state index in [9.17, 15) is 18.0 Å². The average molecular weight is 580 g/mol. The number of nitrogens with one attached hydrogen (secondary N) is 1. The molecule has 1 amide bonds. The molecule has 41 heavy (non-hydrogen) atoms. The molecule has 0 saturated carbocycles. The van der Waals surface area contributed by atoms with Gasteiger partial charge in [-0.15, -0.1) is 0 Å². The lowest BCUT2D eigenvalue weighted by atomic mass is 9.91. The molecular weight excluding hydrogens is 539 g/mol. The Morgan fingerprint density at radius 1 is 1.00 bits per heavy atom. The summed E-state index contributed by atoms with van der Waals surface area (Å²) in [5.74, 6) is -0.133. The third-order valence-corrected chi connectivity index (χ3v) is 7.02. The Hall–Kier alpha value is -2.98. The van der Waals surface area contributed by atoms with Crippen molar-refractivity contribution in [2.75, 3.05) is 26.4 Å². The van der Waals surface area contributed by atoms with Gasteiger partial charge in [-0.05, 0) is 95.2 Å². The Bertz CT molecular complexity index is 1210. The number of rotatable bonds is 9. The molecule has 1 N–H and O–H groups in total. The van der Waals surface area contributed by atoms with Gasteiger partial charge in [0.15, 0.2) is 5.79 Å². The number of hydrogen-bond donors (Lipinski definition) is 1. The van der Waals surface area contributed by atoms with Crippen LogP contribution in [0, 0.1) is 0 Å². The van der Waals surface area contributed by atoms with Crippen molar-refractivity contribution in [1.82, 2.24) is 5.32 Å². The first kappa shape index (κ1) is 31.0. The van der Waals surface area contributed by atoms with Crippen molar-refractivity contribution in [2.24, 2.45) is 0 Å². The van der Waals surface area contributed by atoms with Crippen LogP contribution in [0.5, 0.6) is 11.5 Å². The van der Waals surface area contributed by atoms with E-state index in [1.807, 2.05) is 12.1 Å². The molecule has 2 aliphatic rings. The molecule has 10 heteroatoms. The van der Waals surface area contributed by atoms with Crippen molar-refractivity contribution in [3.63, 3.8) is 0 Å². The molecule has 1 fully saturated rings. The lowest BCUT2D eigenvalue weighted by Gasteiger charge is -2.44. The largest absolute Gasteiger partial charge is 0.493 e. The first-order valence-electron chi connectivity index (χ1n) is 14.0. The smallest absolute Gasteiger partial charge is 0.419 e. The minimum Gasteiger partial charge on any atom is -0.493 e. The van der Waals surface area contributed by atoms with E-state index in [-0.39, 0.29) is 38.4 Å². The highest BCUT2D eigenvalue weighted by molar-refractivity contribution is 5.69. The van der Waals surface area contributed by atoms with E-state index in [4.69, 9.17) is 23.7 Å². The Labute approximate surface area is 239 Å². The van der Waals surface area contributed by atoms with E-state index >= 15 is 0 Å². The van der Waals surface area contributed by atoms with E-state index < -0.39 is 34.8 Å². The minimum absolute atomic E-state index is 0.129. The summed E-state index contributed by atoms with van der Waals surface area (Å²) in [6.07, 6.45) is -2.55. The van der Waals surface area contributed by atoms with Crippen molar-refractivity contribution in [1.29, 1.82) is 0 Å². The summed E-state index contributed by atoms with van der Waals surface area (Å²) in [5, 5.41) is 2.85. The Morgan fingerprint density at radius 3 is 2.37 bits per heavy atom. The number of alkyl halides is 3. The molecule has 0 atom stereocenters. The number of aryl methyl sites for hydroxylation is 2. The molecule has 7 nitrogen and oxygen atoms in total. The van der Waals surface area contributed by atoms with Gasteiger partial charge >= 0.3 is 12.3 Å². The molecule has 2 aromatic rings. The number of halogens is 3. The van der Waals surface area contributed by atoms with Gasteiger partial charge in [0.25, 0.3) is 0 Å². The quantitative estimate of drug-likeness (QED) is 0.336. The molecular formula is C31H40F3NO6. The molecule has 0 aliphatic carbocycles. The summed E-state index contributed by atoms with van der Waals surface area (Å²) in [7, 11) is 0. The average Bonchev–Trinajstić information content (AvgIpc) is 3.34. The first-order chi connectivity index (χ1) is 19.1. The third-order valence-electron chi connectivity index (χ3n) is 7.02. The number of carbonyl (C=O) groups excluding carboxylic acids is 1. The van der Waals surface area contributed by atoms with Gasteiger partial charge in [0, 0.05) is 6.42 Å². The van der Waals surface area contributed by atoms with Crippen molar-refractivity contribution in [3.05, 3.63) is 58.7 Å². The standard InChI is InChI=1S/C31H40F3NO6/c1-28(2,3)41-27(36)35-30(19-39-29(4,5)40-20-30)14-12-22-9-11-26(24(18-22)31(32,33)34)37-15-6-7-21-8-10-25-23(17-21)13-16-38-25/h8-11,17-18H,6-7,12-16,19-20H2,1-5H3,(H,35,36). The highest BCUT2D eigenvalue weighted by Gasteiger charge is 2.42. The Morgan fingerprint density at radius 2 is 1.68 bits per heavy atom. The molecule has 0 radical (unpaired) electrons. The Kier molecular flexibility index (Phi) is 9.13. The van der Waals surface area contributed by atoms with E-state index in [1.54, 1.807) is 40.7 Å². The fourth-order valence-corrected chi connectivity index (χ4v) is 4.82. The second-order valence-corrected chi connectivity index (χ2v) is 12.2. The maximum absolute atomic E-state index is 14.0. The second-order valence-electron chi connectivity index (χ2n) is 12.2. The zero-order valence-electron chi connectivity index (χ0n) is 24.4. The molecule has 4 rings (SSSR count). The number of hydrogen-bond acceptors (Lipinski definition) is 6. The van der Waals surface area contributed by atoms with Crippen LogP contribution in [0.2, 0.25) is 0 Å². The fourth-order valence-electron chi connectivity index (χ4n) is 4.82. The number of alkyl carbamates (subject to hydrolysis) is 1. The lowest BCUT2D eigenvalue weighted by Crippen LogP contribution is -2.61. The summed E-state index contributed by atoms with van der Waals surface area (Å²) < 4.78 is 70.2. The summed E-state index contributed by atoms with van der Waals surface area (Å²) in [4.78, 5) is 12.6. The normalized spacial score (nSPS) is 17.9. The zero-order chi connectivity index (χ0) is 29.9. The van der Waals surface area contributed by atoms with Gasteiger partial charge in [0.05, 0.1) is 37.5 Å². The van der Waals surface area contributed by atoms with Crippen LogP contribution < -0.4 is 14.8 Å². The lowest BCUT2D eigenvalue weighted by molar-refractivity contribution is -0.271. The predicted octanol–water partition coefficient (Wildman–Crippen LogP) is 6.63. The predicted molar refractivity (Wildman–Crippen MR) is 147 cm³/mol. The summed E-state index contributed by atoms with van der Waals surface area (Å²) in [6, 6.07) is 10.1. The summed E-state index contributed by atoms with van der Waals surface area (Å²) >= 11 is 0. The van der Waals surface area contributed by atoms with Crippen molar-refractivity contribution >= 4 is 6.09 Å². The number of benzene rings is 2. The molecule has 1 saturated heterocycles. The SMILES string of the molecule is CC(C)(C)OC(=O)NC1(CCc2ccc(OCCCc3ccc4c(c3)CCO4)c(C(F)(F)F)c2)COC(C)(C)OC1. The van der Waals surface area contributed by atoms with Crippen LogP contribution in [0.15, 0.2) is 36.4 Å². The maximum Gasteiger partial charge on any atom is 0.419 e. The van der Waals surface area contributed by atoms with Crippen LogP contribution in [-0.2, 0) is 39.6 Å². The monoisotopic (exact) mass is 579 g/mol. The highest BCUT2D eigenvalue weighted by atomic mass is 19.4. The number of amides is 1. The van der Waals surface area contributed by atoms with E-state index in [1.165, 1.54) is 6.07 Å². The highest BCUT2D eigenvalue weighted by Crippen LogP contribution is 2.38. The van der Waals surface area contributed by atoms with Crippen LogP contribution in [0.3, 0.4) is 0 Å². The molecule has 226 valence electrons. The first-order valence-corrected chi connectivity index (χ1v) is 14.0. The van der Waals surface area contributed by atoms with E-state index in [0.717, 1.165) is 29.4 Å². The van der Waals surface area contributed by atoms with Gasteiger partial charge in [-0.1, -0.05) is 18.2 Å².